The van der Waals surface area contributed by atoms with Crippen LogP contribution in [-0.2, 0) is 4.79 Å². The van der Waals surface area contributed by atoms with Gasteiger partial charge in [0.1, 0.15) is 0 Å². The molecule has 0 spiro atoms. The van der Waals surface area contributed by atoms with Crippen molar-refractivity contribution in [2.45, 2.75) is 51.9 Å². The SMILES string of the molecule is C/C(=N/NC(=O)CC12CC3CC(CC(C3)C1)C2)c1ccc2c(c1)OCO2. The second kappa shape index (κ2) is 6.00. The highest BCUT2D eigenvalue weighted by atomic mass is 16.7. The summed E-state index contributed by atoms with van der Waals surface area (Å²) in [6.07, 6.45) is 8.59. The van der Waals surface area contributed by atoms with Crippen molar-refractivity contribution in [3.63, 3.8) is 0 Å². The molecule has 0 aromatic heterocycles. The predicted molar refractivity (Wildman–Crippen MR) is 98.1 cm³/mol. The third kappa shape index (κ3) is 2.87. The lowest BCUT2D eigenvalue weighted by atomic mass is 9.49. The Morgan fingerprint density at radius 2 is 1.77 bits per heavy atom. The Balaban J connectivity index is 1.24. The summed E-state index contributed by atoms with van der Waals surface area (Å²) in [4.78, 5) is 12.6. The molecule has 138 valence electrons. The number of fused-ring (bicyclic) bond motifs is 1. The summed E-state index contributed by atoms with van der Waals surface area (Å²) in [5, 5.41) is 4.34. The van der Waals surface area contributed by atoms with Gasteiger partial charge in [-0.25, -0.2) is 5.43 Å². The first-order valence-electron chi connectivity index (χ1n) is 9.82. The summed E-state index contributed by atoms with van der Waals surface area (Å²) >= 11 is 0. The van der Waals surface area contributed by atoms with Crippen LogP contribution >= 0.6 is 0 Å². The van der Waals surface area contributed by atoms with E-state index in [1.165, 1.54) is 38.5 Å². The van der Waals surface area contributed by atoms with E-state index in [-0.39, 0.29) is 18.1 Å². The number of hydrazone groups is 1. The second-order valence-corrected chi connectivity index (χ2v) is 8.89. The summed E-state index contributed by atoms with van der Waals surface area (Å²) < 4.78 is 10.7. The minimum absolute atomic E-state index is 0.0621. The minimum atomic E-state index is 0.0621. The zero-order chi connectivity index (χ0) is 17.7. The van der Waals surface area contributed by atoms with Gasteiger partial charge in [-0.15, -0.1) is 0 Å². The van der Waals surface area contributed by atoms with Crippen molar-refractivity contribution in [3.05, 3.63) is 23.8 Å². The maximum absolute atomic E-state index is 12.6. The van der Waals surface area contributed by atoms with Gasteiger partial charge in [-0.1, -0.05) is 0 Å². The topological polar surface area (TPSA) is 59.9 Å². The Hall–Kier alpha value is -2.04. The molecule has 4 saturated carbocycles. The van der Waals surface area contributed by atoms with Crippen molar-refractivity contribution in [2.75, 3.05) is 6.79 Å². The molecule has 26 heavy (non-hydrogen) atoms. The van der Waals surface area contributed by atoms with Crippen molar-refractivity contribution >= 4 is 11.6 Å². The van der Waals surface area contributed by atoms with Crippen LogP contribution in [0.2, 0.25) is 0 Å². The van der Waals surface area contributed by atoms with E-state index in [9.17, 15) is 4.79 Å². The lowest BCUT2D eigenvalue weighted by Gasteiger charge is -2.56. The summed E-state index contributed by atoms with van der Waals surface area (Å²) in [6.45, 7) is 2.17. The lowest BCUT2D eigenvalue weighted by molar-refractivity contribution is -0.129. The summed E-state index contributed by atoms with van der Waals surface area (Å²) in [5.41, 5.74) is 4.77. The zero-order valence-electron chi connectivity index (χ0n) is 15.3. The Kier molecular flexibility index (Phi) is 3.73. The monoisotopic (exact) mass is 354 g/mol. The van der Waals surface area contributed by atoms with Crippen molar-refractivity contribution in [3.8, 4) is 11.5 Å². The molecule has 5 aliphatic rings. The van der Waals surface area contributed by atoms with Gasteiger partial charge in [0, 0.05) is 12.0 Å². The van der Waals surface area contributed by atoms with E-state index < -0.39 is 0 Å². The first-order valence-corrected chi connectivity index (χ1v) is 9.82. The largest absolute Gasteiger partial charge is 0.454 e. The normalized spacial score (nSPS) is 34.2. The number of nitrogens with zero attached hydrogens (tertiary/aromatic N) is 1. The van der Waals surface area contributed by atoms with Crippen molar-refractivity contribution in [1.29, 1.82) is 0 Å². The Labute approximate surface area is 154 Å². The van der Waals surface area contributed by atoms with Gasteiger partial charge >= 0.3 is 0 Å². The number of rotatable bonds is 4. The van der Waals surface area contributed by atoms with Gasteiger partial charge in [0.15, 0.2) is 11.5 Å². The van der Waals surface area contributed by atoms with Gasteiger partial charge in [-0.3, -0.25) is 4.79 Å². The molecule has 5 heteroatoms. The molecule has 0 radical (unpaired) electrons. The Morgan fingerprint density at radius 3 is 2.46 bits per heavy atom. The number of benzene rings is 1. The number of hydrogen-bond acceptors (Lipinski definition) is 4. The van der Waals surface area contributed by atoms with Crippen LogP contribution in [0.1, 0.15) is 57.4 Å². The molecule has 0 saturated heterocycles. The van der Waals surface area contributed by atoms with Gasteiger partial charge < -0.3 is 9.47 Å². The van der Waals surface area contributed by atoms with Crippen LogP contribution < -0.4 is 14.9 Å². The van der Waals surface area contributed by atoms with E-state index in [2.05, 4.69) is 10.5 Å². The summed E-state index contributed by atoms with van der Waals surface area (Å²) in [5.74, 6) is 4.16. The standard InChI is InChI=1S/C21H26N2O3/c1-13(17-2-3-18-19(7-17)26-12-25-18)22-23-20(24)11-21-8-14-4-15(9-21)6-16(5-14)10-21/h2-3,7,14-16H,4-6,8-12H2,1H3,(H,23,24)/b22-13-. The average Bonchev–Trinajstić information content (AvgIpc) is 3.05. The molecule has 1 aromatic rings. The number of hydrogen-bond donors (Lipinski definition) is 1. The molecular weight excluding hydrogens is 328 g/mol. The Bertz CT molecular complexity index is 735. The van der Waals surface area contributed by atoms with Gasteiger partial charge in [-0.05, 0) is 86.8 Å². The summed E-state index contributed by atoms with van der Waals surface area (Å²) in [7, 11) is 0. The molecule has 0 unspecified atom stereocenters. The molecule has 4 bridgehead atoms. The molecule has 5 nitrogen and oxygen atoms in total. The van der Waals surface area contributed by atoms with Crippen molar-refractivity contribution < 1.29 is 14.3 Å². The summed E-state index contributed by atoms with van der Waals surface area (Å²) in [6, 6.07) is 5.73. The minimum Gasteiger partial charge on any atom is -0.454 e. The fourth-order valence-electron chi connectivity index (χ4n) is 6.22. The molecule has 4 fully saturated rings. The lowest BCUT2D eigenvalue weighted by Crippen LogP contribution is -2.47. The highest BCUT2D eigenvalue weighted by Gasteiger charge is 2.51. The van der Waals surface area contributed by atoms with E-state index in [0.29, 0.717) is 6.42 Å². The fourth-order valence-corrected chi connectivity index (χ4v) is 6.22. The van der Waals surface area contributed by atoms with Gasteiger partial charge in [0.25, 0.3) is 0 Å². The highest BCUT2D eigenvalue weighted by Crippen LogP contribution is 2.61. The maximum Gasteiger partial charge on any atom is 0.240 e. The van der Waals surface area contributed by atoms with Crippen LogP contribution in [0.5, 0.6) is 11.5 Å². The van der Waals surface area contributed by atoms with E-state index in [1.807, 2.05) is 25.1 Å². The Morgan fingerprint density at radius 1 is 1.12 bits per heavy atom. The number of carbonyl (C=O) groups excluding carboxylic acids is 1. The smallest absolute Gasteiger partial charge is 0.240 e. The van der Waals surface area contributed by atoms with E-state index in [1.54, 1.807) is 0 Å². The van der Waals surface area contributed by atoms with E-state index >= 15 is 0 Å². The molecule has 1 heterocycles. The van der Waals surface area contributed by atoms with Crippen molar-refractivity contribution in [2.24, 2.45) is 28.3 Å². The predicted octanol–water partition coefficient (Wildman–Crippen LogP) is 3.86. The second-order valence-electron chi connectivity index (χ2n) is 8.89. The molecule has 0 atom stereocenters. The van der Waals surface area contributed by atoms with E-state index in [0.717, 1.165) is 40.5 Å². The molecule has 1 aromatic carbocycles. The van der Waals surface area contributed by atoms with Crippen LogP contribution in [0.4, 0.5) is 0 Å². The first kappa shape index (κ1) is 16.2. The molecule has 4 aliphatic carbocycles. The average molecular weight is 354 g/mol. The number of carbonyl (C=O) groups is 1. The molecule has 1 amide bonds. The highest BCUT2D eigenvalue weighted by molar-refractivity contribution is 5.99. The fraction of sp³-hybridized carbons (Fsp3) is 0.619. The molecular formula is C21H26N2O3. The number of ether oxygens (including phenoxy) is 2. The van der Waals surface area contributed by atoms with Crippen LogP contribution in [0, 0.1) is 23.2 Å². The zero-order valence-corrected chi connectivity index (χ0v) is 15.3. The van der Waals surface area contributed by atoms with Gasteiger partial charge in [0.2, 0.25) is 12.7 Å². The maximum atomic E-state index is 12.6. The first-order chi connectivity index (χ1) is 12.6. The van der Waals surface area contributed by atoms with Gasteiger partial charge in [-0.2, -0.15) is 5.10 Å². The third-order valence-electron chi connectivity index (χ3n) is 6.84. The quantitative estimate of drug-likeness (QED) is 0.660. The van der Waals surface area contributed by atoms with Crippen LogP contribution in [0.15, 0.2) is 23.3 Å². The van der Waals surface area contributed by atoms with Crippen LogP contribution in [-0.4, -0.2) is 18.4 Å². The van der Waals surface area contributed by atoms with Crippen molar-refractivity contribution in [1.82, 2.24) is 5.43 Å². The third-order valence-corrected chi connectivity index (χ3v) is 6.84. The number of amides is 1. The number of nitrogens with one attached hydrogen (secondary N) is 1. The van der Waals surface area contributed by atoms with Crippen LogP contribution in [0.3, 0.4) is 0 Å². The van der Waals surface area contributed by atoms with E-state index in [4.69, 9.17) is 9.47 Å². The molecule has 6 rings (SSSR count). The molecule has 1 N–H and O–H groups in total. The molecule has 1 aliphatic heterocycles. The van der Waals surface area contributed by atoms with Gasteiger partial charge in [0.05, 0.1) is 5.71 Å². The van der Waals surface area contributed by atoms with Crippen LogP contribution in [0.25, 0.3) is 0 Å².